The maximum atomic E-state index is 4.49. The molecule has 0 spiro atoms. The summed E-state index contributed by atoms with van der Waals surface area (Å²) in [5.41, 5.74) is 0. The van der Waals surface area contributed by atoms with E-state index < -0.39 is 0 Å². The lowest BCUT2D eigenvalue weighted by atomic mass is 9.97. The van der Waals surface area contributed by atoms with Crippen molar-refractivity contribution in [2.75, 3.05) is 46.0 Å². The molecule has 0 aromatic rings. The molecule has 0 N–H and O–H groups in total. The minimum absolute atomic E-state index is 0.708. The van der Waals surface area contributed by atoms with Gasteiger partial charge in [-0.15, -0.1) is 0 Å². The average molecular weight is 260 g/mol. The van der Waals surface area contributed by atoms with E-state index in [4.69, 9.17) is 0 Å². The largest absolute Gasteiger partial charge is 0.308 e. The first-order valence-corrected chi connectivity index (χ1v) is 7.48. The van der Waals surface area contributed by atoms with Crippen LogP contribution in [0.4, 0.5) is 0 Å². The first-order valence-electron chi connectivity index (χ1n) is 6.84. The highest BCUT2D eigenvalue weighted by atomic mass is 32.1. The molecule has 1 atom stereocenters. The van der Waals surface area contributed by atoms with Gasteiger partial charge < -0.3 is 9.80 Å². The van der Waals surface area contributed by atoms with E-state index in [9.17, 15) is 0 Å². The quantitative estimate of drug-likeness (QED) is 0.637. The van der Waals surface area contributed by atoms with Crippen LogP contribution in [0.15, 0.2) is 0 Å². The molecular formula is C14H32N2S. The third kappa shape index (κ3) is 8.92. The fourth-order valence-corrected chi connectivity index (χ4v) is 2.46. The monoisotopic (exact) mass is 260 g/mol. The third-order valence-electron chi connectivity index (χ3n) is 3.16. The van der Waals surface area contributed by atoms with E-state index in [1.807, 2.05) is 0 Å². The van der Waals surface area contributed by atoms with E-state index in [0.717, 1.165) is 24.1 Å². The van der Waals surface area contributed by atoms with Gasteiger partial charge in [-0.1, -0.05) is 27.7 Å². The van der Waals surface area contributed by atoms with Gasteiger partial charge in [0.05, 0.1) is 0 Å². The molecule has 0 aromatic heterocycles. The number of nitrogens with zero attached hydrogens (tertiary/aromatic N) is 2. The Balaban J connectivity index is 4.25. The predicted molar refractivity (Wildman–Crippen MR) is 82.0 cm³/mol. The van der Waals surface area contributed by atoms with Crippen molar-refractivity contribution in [3.63, 3.8) is 0 Å². The summed E-state index contributed by atoms with van der Waals surface area (Å²) in [5.74, 6) is 3.17. The maximum absolute atomic E-state index is 4.49. The van der Waals surface area contributed by atoms with E-state index in [2.05, 4.69) is 64.2 Å². The minimum atomic E-state index is 0.708. The summed E-state index contributed by atoms with van der Waals surface area (Å²) in [7, 11) is 4.29. The van der Waals surface area contributed by atoms with Gasteiger partial charge in [0.15, 0.2) is 0 Å². The Kier molecular flexibility index (Phi) is 9.38. The second-order valence-corrected chi connectivity index (χ2v) is 6.51. The summed E-state index contributed by atoms with van der Waals surface area (Å²) in [6.07, 6.45) is 0. The molecule has 0 aromatic carbocycles. The van der Waals surface area contributed by atoms with Crippen LogP contribution in [-0.4, -0.2) is 55.8 Å². The van der Waals surface area contributed by atoms with Gasteiger partial charge in [-0.3, -0.25) is 0 Å². The van der Waals surface area contributed by atoms with Gasteiger partial charge in [-0.25, -0.2) is 0 Å². The van der Waals surface area contributed by atoms with Gasteiger partial charge in [0.25, 0.3) is 0 Å². The molecule has 0 heterocycles. The molecule has 104 valence electrons. The van der Waals surface area contributed by atoms with Crippen molar-refractivity contribution in [2.24, 2.45) is 17.8 Å². The fraction of sp³-hybridized carbons (Fsp3) is 1.00. The first kappa shape index (κ1) is 17.3. The van der Waals surface area contributed by atoms with E-state index in [1.54, 1.807) is 0 Å². The van der Waals surface area contributed by atoms with Crippen molar-refractivity contribution in [3.05, 3.63) is 0 Å². The van der Waals surface area contributed by atoms with Gasteiger partial charge in [-0.2, -0.15) is 12.6 Å². The standard InChI is InChI=1S/C14H32N2S/c1-12(2)9-16(8-7-15(5)6)10-14(11-17)13(3)4/h12-14,17H,7-11H2,1-6H3. The lowest BCUT2D eigenvalue weighted by Crippen LogP contribution is -2.39. The second kappa shape index (κ2) is 9.23. The van der Waals surface area contributed by atoms with Gasteiger partial charge in [0.1, 0.15) is 0 Å². The first-order chi connectivity index (χ1) is 7.86. The van der Waals surface area contributed by atoms with Crippen LogP contribution in [0.5, 0.6) is 0 Å². The van der Waals surface area contributed by atoms with E-state index in [1.165, 1.54) is 19.6 Å². The minimum Gasteiger partial charge on any atom is -0.308 e. The number of rotatable bonds is 9. The maximum Gasteiger partial charge on any atom is 0.0109 e. The zero-order valence-electron chi connectivity index (χ0n) is 12.6. The Morgan fingerprint density at radius 1 is 0.941 bits per heavy atom. The molecule has 0 rings (SSSR count). The Morgan fingerprint density at radius 3 is 1.88 bits per heavy atom. The summed E-state index contributed by atoms with van der Waals surface area (Å²) < 4.78 is 0. The van der Waals surface area contributed by atoms with Gasteiger partial charge in [0.2, 0.25) is 0 Å². The van der Waals surface area contributed by atoms with Crippen molar-refractivity contribution in [1.29, 1.82) is 0 Å². The molecule has 3 heteroatoms. The van der Waals surface area contributed by atoms with Crippen LogP contribution in [0.25, 0.3) is 0 Å². The summed E-state index contributed by atoms with van der Waals surface area (Å²) in [6, 6.07) is 0. The fourth-order valence-electron chi connectivity index (χ4n) is 1.93. The smallest absolute Gasteiger partial charge is 0.0109 e. The van der Waals surface area contributed by atoms with Crippen LogP contribution < -0.4 is 0 Å². The number of thiol groups is 1. The van der Waals surface area contributed by atoms with Crippen LogP contribution >= 0.6 is 12.6 Å². The van der Waals surface area contributed by atoms with Crippen molar-refractivity contribution in [3.8, 4) is 0 Å². The Morgan fingerprint density at radius 2 is 1.53 bits per heavy atom. The second-order valence-electron chi connectivity index (χ2n) is 6.14. The van der Waals surface area contributed by atoms with Crippen molar-refractivity contribution in [1.82, 2.24) is 9.80 Å². The highest BCUT2D eigenvalue weighted by molar-refractivity contribution is 7.80. The molecule has 0 aliphatic rings. The molecule has 1 unspecified atom stereocenters. The van der Waals surface area contributed by atoms with Gasteiger partial charge in [-0.05, 0) is 37.6 Å². The molecule has 0 aliphatic carbocycles. The van der Waals surface area contributed by atoms with Gasteiger partial charge in [0, 0.05) is 26.2 Å². The molecule has 0 radical (unpaired) electrons. The molecular weight excluding hydrogens is 228 g/mol. The number of likely N-dealkylation sites (N-methyl/N-ethyl adjacent to an activating group) is 1. The van der Waals surface area contributed by atoms with E-state index >= 15 is 0 Å². The molecule has 0 aliphatic heterocycles. The van der Waals surface area contributed by atoms with Crippen LogP contribution in [-0.2, 0) is 0 Å². The Bertz CT molecular complexity index is 181. The lowest BCUT2D eigenvalue weighted by molar-refractivity contribution is 0.179. The Labute approximate surface area is 114 Å². The average Bonchev–Trinajstić information content (AvgIpc) is 2.20. The SMILES string of the molecule is CC(C)CN(CCN(C)C)CC(CS)C(C)C. The molecule has 2 nitrogen and oxygen atoms in total. The summed E-state index contributed by atoms with van der Waals surface area (Å²) in [5, 5.41) is 0. The van der Waals surface area contributed by atoms with Crippen molar-refractivity contribution in [2.45, 2.75) is 27.7 Å². The van der Waals surface area contributed by atoms with Crippen LogP contribution in [0.2, 0.25) is 0 Å². The van der Waals surface area contributed by atoms with Crippen molar-refractivity contribution >= 4 is 12.6 Å². The highest BCUT2D eigenvalue weighted by Gasteiger charge is 2.17. The molecule has 0 amide bonds. The highest BCUT2D eigenvalue weighted by Crippen LogP contribution is 2.15. The Hall–Kier alpha value is 0.270. The predicted octanol–water partition coefficient (Wildman–Crippen LogP) is 2.71. The summed E-state index contributed by atoms with van der Waals surface area (Å²) in [4.78, 5) is 4.87. The number of hydrogen-bond donors (Lipinski definition) is 1. The van der Waals surface area contributed by atoms with E-state index in [0.29, 0.717) is 5.92 Å². The lowest BCUT2D eigenvalue weighted by Gasteiger charge is -2.31. The van der Waals surface area contributed by atoms with Gasteiger partial charge >= 0.3 is 0 Å². The van der Waals surface area contributed by atoms with Crippen LogP contribution in [0, 0.1) is 17.8 Å². The molecule has 17 heavy (non-hydrogen) atoms. The third-order valence-corrected chi connectivity index (χ3v) is 3.63. The zero-order valence-corrected chi connectivity index (χ0v) is 13.5. The summed E-state index contributed by atoms with van der Waals surface area (Å²) in [6.45, 7) is 13.9. The molecule has 0 saturated heterocycles. The zero-order chi connectivity index (χ0) is 13.4. The normalized spacial score (nSPS) is 14.3. The topological polar surface area (TPSA) is 6.48 Å². The molecule has 0 saturated carbocycles. The van der Waals surface area contributed by atoms with Crippen molar-refractivity contribution < 1.29 is 0 Å². The summed E-state index contributed by atoms with van der Waals surface area (Å²) >= 11 is 4.49. The number of hydrogen-bond acceptors (Lipinski definition) is 3. The molecule has 0 fully saturated rings. The van der Waals surface area contributed by atoms with E-state index in [-0.39, 0.29) is 0 Å². The van der Waals surface area contributed by atoms with Crippen LogP contribution in [0.3, 0.4) is 0 Å². The molecule has 0 bridgehead atoms. The van der Waals surface area contributed by atoms with Crippen LogP contribution in [0.1, 0.15) is 27.7 Å².